The molecule has 2 N–H and O–H groups in total. The quantitative estimate of drug-likeness (QED) is 0.837. The Morgan fingerprint density at radius 1 is 1.10 bits per heavy atom. The molecule has 5 nitrogen and oxygen atoms in total. The van der Waals surface area contributed by atoms with Crippen molar-refractivity contribution in [1.29, 1.82) is 0 Å². The molecule has 20 heavy (non-hydrogen) atoms. The zero-order valence-corrected chi connectivity index (χ0v) is 12.4. The molecule has 0 aromatic heterocycles. The van der Waals surface area contributed by atoms with Gasteiger partial charge in [-0.3, -0.25) is 4.79 Å². The fraction of sp³-hybridized carbons (Fsp3) is 0.467. The Morgan fingerprint density at radius 3 is 2.20 bits per heavy atom. The number of benzene rings is 1. The van der Waals surface area contributed by atoms with Gasteiger partial charge in [0, 0.05) is 32.2 Å². The number of amides is 3. The molecule has 1 aromatic rings. The van der Waals surface area contributed by atoms with Crippen molar-refractivity contribution in [1.82, 2.24) is 10.2 Å². The van der Waals surface area contributed by atoms with E-state index in [0.29, 0.717) is 19.6 Å². The summed E-state index contributed by atoms with van der Waals surface area (Å²) in [6.45, 7) is 7.45. The number of carbonyl (C=O) groups excluding carboxylic acids is 2. The van der Waals surface area contributed by atoms with Crippen molar-refractivity contribution >= 4 is 17.6 Å². The molecule has 110 valence electrons. The number of urea groups is 1. The van der Waals surface area contributed by atoms with Gasteiger partial charge in [0.15, 0.2) is 0 Å². The van der Waals surface area contributed by atoms with Crippen LogP contribution in [0.4, 0.5) is 10.5 Å². The molecule has 0 bridgehead atoms. The van der Waals surface area contributed by atoms with Crippen LogP contribution in [-0.2, 0) is 11.2 Å². The number of nitrogens with one attached hydrogen (secondary N) is 2. The lowest BCUT2D eigenvalue weighted by Gasteiger charge is -2.19. The lowest BCUT2D eigenvalue weighted by atomic mass is 10.1. The second kappa shape index (κ2) is 8.19. The molecule has 0 saturated heterocycles. The van der Waals surface area contributed by atoms with E-state index in [2.05, 4.69) is 10.6 Å². The smallest absolute Gasteiger partial charge is 0.317 e. The van der Waals surface area contributed by atoms with Gasteiger partial charge in [0.1, 0.15) is 0 Å². The molecule has 1 aromatic carbocycles. The van der Waals surface area contributed by atoms with Crippen LogP contribution in [0, 0.1) is 0 Å². The van der Waals surface area contributed by atoms with Crippen LogP contribution in [0.3, 0.4) is 0 Å². The summed E-state index contributed by atoms with van der Waals surface area (Å²) in [5.41, 5.74) is 1.91. The van der Waals surface area contributed by atoms with E-state index < -0.39 is 0 Å². The fourth-order valence-electron chi connectivity index (χ4n) is 1.89. The minimum absolute atomic E-state index is 0.0233. The van der Waals surface area contributed by atoms with Crippen molar-refractivity contribution in [2.75, 3.05) is 25.0 Å². The first-order chi connectivity index (χ1) is 9.56. The van der Waals surface area contributed by atoms with Crippen LogP contribution in [-0.4, -0.2) is 36.5 Å². The lowest BCUT2D eigenvalue weighted by Crippen LogP contribution is -2.40. The van der Waals surface area contributed by atoms with E-state index >= 15 is 0 Å². The Hall–Kier alpha value is -2.04. The van der Waals surface area contributed by atoms with Gasteiger partial charge < -0.3 is 15.5 Å². The second-order valence-corrected chi connectivity index (χ2v) is 4.53. The average molecular weight is 277 g/mol. The molecule has 5 heteroatoms. The van der Waals surface area contributed by atoms with Crippen LogP contribution in [0.25, 0.3) is 0 Å². The Bertz CT molecular complexity index is 439. The summed E-state index contributed by atoms with van der Waals surface area (Å²) in [6.07, 6.45) is 0.771. The molecule has 0 fully saturated rings. The maximum atomic E-state index is 11.7. The van der Waals surface area contributed by atoms with Crippen molar-refractivity contribution in [3.05, 3.63) is 29.8 Å². The summed E-state index contributed by atoms with van der Waals surface area (Å²) < 4.78 is 0. The summed E-state index contributed by atoms with van der Waals surface area (Å²) in [4.78, 5) is 24.4. The van der Waals surface area contributed by atoms with E-state index in [-0.39, 0.29) is 11.9 Å². The van der Waals surface area contributed by atoms with Crippen LogP contribution < -0.4 is 10.6 Å². The van der Waals surface area contributed by atoms with Gasteiger partial charge >= 0.3 is 6.03 Å². The molecule has 3 amide bonds. The summed E-state index contributed by atoms with van der Waals surface area (Å²) in [5, 5.41) is 5.62. The van der Waals surface area contributed by atoms with E-state index in [0.717, 1.165) is 17.7 Å². The highest BCUT2D eigenvalue weighted by Gasteiger charge is 2.07. The molecule has 0 aliphatic heterocycles. The number of anilines is 1. The highest BCUT2D eigenvalue weighted by atomic mass is 16.2. The summed E-state index contributed by atoms with van der Waals surface area (Å²) >= 11 is 0. The first-order valence-electron chi connectivity index (χ1n) is 6.96. The first kappa shape index (κ1) is 16.0. The van der Waals surface area contributed by atoms with Gasteiger partial charge in [-0.05, 0) is 38.0 Å². The molecule has 0 radical (unpaired) electrons. The van der Waals surface area contributed by atoms with Crippen molar-refractivity contribution in [2.45, 2.75) is 27.2 Å². The minimum atomic E-state index is -0.0794. The zero-order valence-electron chi connectivity index (χ0n) is 12.4. The number of nitrogens with zero attached hydrogens (tertiary/aromatic N) is 1. The van der Waals surface area contributed by atoms with Crippen LogP contribution in [0.5, 0.6) is 0 Å². The Labute approximate surface area is 120 Å². The normalized spacial score (nSPS) is 9.95. The van der Waals surface area contributed by atoms with Crippen LogP contribution >= 0.6 is 0 Å². The molecule has 0 saturated carbocycles. The highest BCUT2D eigenvalue weighted by Crippen LogP contribution is 2.09. The third-order valence-corrected chi connectivity index (χ3v) is 3.01. The van der Waals surface area contributed by atoms with E-state index in [1.165, 1.54) is 6.92 Å². The van der Waals surface area contributed by atoms with Gasteiger partial charge in [0.05, 0.1) is 0 Å². The molecule has 1 rings (SSSR count). The lowest BCUT2D eigenvalue weighted by molar-refractivity contribution is -0.114. The maximum absolute atomic E-state index is 11.7. The van der Waals surface area contributed by atoms with Crippen LogP contribution in [0.1, 0.15) is 26.3 Å². The first-order valence-corrected chi connectivity index (χ1v) is 6.96. The Morgan fingerprint density at radius 2 is 1.70 bits per heavy atom. The number of hydrogen-bond donors (Lipinski definition) is 2. The van der Waals surface area contributed by atoms with Crippen molar-refractivity contribution in [2.24, 2.45) is 0 Å². The van der Waals surface area contributed by atoms with Gasteiger partial charge in [-0.15, -0.1) is 0 Å². The second-order valence-electron chi connectivity index (χ2n) is 4.53. The summed E-state index contributed by atoms with van der Waals surface area (Å²) in [7, 11) is 0. The molecule has 0 unspecified atom stereocenters. The number of rotatable bonds is 6. The van der Waals surface area contributed by atoms with Gasteiger partial charge in [-0.2, -0.15) is 0 Å². The molecule has 0 aliphatic rings. The molecule has 0 heterocycles. The molecular formula is C15H23N3O2. The molecular weight excluding hydrogens is 254 g/mol. The number of carbonyl (C=O) groups is 2. The van der Waals surface area contributed by atoms with Gasteiger partial charge in [-0.1, -0.05) is 12.1 Å². The summed E-state index contributed by atoms with van der Waals surface area (Å²) in [6, 6.07) is 7.61. The van der Waals surface area contributed by atoms with Crippen molar-refractivity contribution in [3.8, 4) is 0 Å². The predicted octanol–water partition coefficient (Wildman–Crippen LogP) is 2.24. The van der Waals surface area contributed by atoms with E-state index in [9.17, 15) is 9.59 Å². The van der Waals surface area contributed by atoms with Crippen molar-refractivity contribution in [3.63, 3.8) is 0 Å². The average Bonchev–Trinajstić information content (AvgIpc) is 2.41. The van der Waals surface area contributed by atoms with Crippen molar-refractivity contribution < 1.29 is 9.59 Å². The third-order valence-electron chi connectivity index (χ3n) is 3.01. The van der Waals surface area contributed by atoms with Gasteiger partial charge in [0.2, 0.25) is 5.91 Å². The molecule has 0 spiro atoms. The summed E-state index contributed by atoms with van der Waals surface area (Å²) in [5.74, 6) is -0.0794. The number of hydrogen-bond acceptors (Lipinski definition) is 2. The standard InChI is InChI=1S/C15H23N3O2/c1-4-18(5-2)15(20)16-11-10-13-6-8-14(9-7-13)17-12(3)19/h6-9H,4-5,10-11H2,1-3H3,(H,16,20)(H,17,19). The van der Waals surface area contributed by atoms with E-state index in [1.807, 2.05) is 38.1 Å². The third kappa shape index (κ3) is 5.30. The Balaban J connectivity index is 2.38. The van der Waals surface area contributed by atoms with Gasteiger partial charge in [0.25, 0.3) is 0 Å². The van der Waals surface area contributed by atoms with Crippen LogP contribution in [0.15, 0.2) is 24.3 Å². The SMILES string of the molecule is CCN(CC)C(=O)NCCc1ccc(NC(C)=O)cc1. The Kier molecular flexibility index (Phi) is 6.56. The predicted molar refractivity (Wildman–Crippen MR) is 80.8 cm³/mol. The van der Waals surface area contributed by atoms with Gasteiger partial charge in [-0.25, -0.2) is 4.79 Å². The largest absolute Gasteiger partial charge is 0.338 e. The minimum Gasteiger partial charge on any atom is -0.338 e. The maximum Gasteiger partial charge on any atom is 0.317 e. The molecule has 0 atom stereocenters. The zero-order chi connectivity index (χ0) is 15.0. The van der Waals surface area contributed by atoms with E-state index in [4.69, 9.17) is 0 Å². The van der Waals surface area contributed by atoms with Crippen LogP contribution in [0.2, 0.25) is 0 Å². The fourth-order valence-corrected chi connectivity index (χ4v) is 1.89. The monoisotopic (exact) mass is 277 g/mol. The highest BCUT2D eigenvalue weighted by molar-refractivity contribution is 5.88. The topological polar surface area (TPSA) is 61.4 Å². The van der Waals surface area contributed by atoms with E-state index in [1.54, 1.807) is 4.90 Å². The molecule has 0 aliphatic carbocycles.